The van der Waals surface area contributed by atoms with Crippen molar-refractivity contribution in [2.24, 2.45) is 0 Å². The van der Waals surface area contributed by atoms with Gasteiger partial charge in [-0.25, -0.2) is 0 Å². The van der Waals surface area contributed by atoms with Gasteiger partial charge in [0.05, 0.1) is 0 Å². The van der Waals surface area contributed by atoms with Gasteiger partial charge in [0.15, 0.2) is 0 Å². The summed E-state index contributed by atoms with van der Waals surface area (Å²) < 4.78 is 0. The minimum Gasteiger partial charge on any atom is -0.147 e. The van der Waals surface area contributed by atoms with Crippen LogP contribution in [0.25, 0.3) is 0 Å². The van der Waals surface area contributed by atoms with Crippen molar-refractivity contribution in [3.63, 3.8) is 0 Å². The molecule has 0 saturated carbocycles. The molecule has 0 spiro atoms. The van der Waals surface area contributed by atoms with Crippen molar-refractivity contribution in [2.45, 2.75) is 110 Å². The molecular weight excluding hydrogens is 283 g/mol. The molecule has 0 bridgehead atoms. The quantitative estimate of drug-likeness (QED) is 0.242. The fourth-order valence-corrected chi connectivity index (χ4v) is 3.61. The molecule has 2 heteroatoms. The molecule has 0 nitrogen and oxygen atoms in total. The van der Waals surface area contributed by atoms with Crippen molar-refractivity contribution >= 4 is 21.0 Å². The van der Waals surface area contributed by atoms with Crippen LogP contribution < -0.4 is 0 Å². The average Bonchev–Trinajstić information content (AvgIpc) is 2.34. The van der Waals surface area contributed by atoms with Crippen molar-refractivity contribution in [3.8, 4) is 0 Å². The first-order valence-electron chi connectivity index (χ1n) is 8.81. The standard InChI is InChI=1S/C18H39P.ClH/c1-5-6-7-8-9-10-11-12-13-14-15-16-17-19-18(2,3)4;/h19H,5-17H2,1-4H3;1H. The topological polar surface area (TPSA) is 0 Å². The molecule has 0 heterocycles. The SMILES string of the molecule is CCCCCCCCCCCCCCPC(C)(C)C.Cl. The number of hydrogen-bond acceptors (Lipinski definition) is 0. The lowest BCUT2D eigenvalue weighted by Gasteiger charge is -2.17. The van der Waals surface area contributed by atoms with Crippen LogP contribution in [0, 0.1) is 0 Å². The molecule has 0 aromatic carbocycles. The van der Waals surface area contributed by atoms with Gasteiger partial charge in [0.1, 0.15) is 0 Å². The van der Waals surface area contributed by atoms with Crippen LogP contribution in [0.3, 0.4) is 0 Å². The molecule has 0 radical (unpaired) electrons. The Kier molecular flexibility index (Phi) is 18.5. The second kappa shape index (κ2) is 16.1. The van der Waals surface area contributed by atoms with E-state index >= 15 is 0 Å². The van der Waals surface area contributed by atoms with Crippen molar-refractivity contribution < 1.29 is 0 Å². The maximum Gasteiger partial charge on any atom is -0.0207 e. The molecule has 0 saturated heterocycles. The van der Waals surface area contributed by atoms with Crippen molar-refractivity contribution in [1.82, 2.24) is 0 Å². The zero-order chi connectivity index (χ0) is 14.4. The highest BCUT2D eigenvalue weighted by Gasteiger charge is 2.08. The fourth-order valence-electron chi connectivity index (χ4n) is 2.43. The molecule has 0 aliphatic carbocycles. The maximum atomic E-state index is 2.37. The van der Waals surface area contributed by atoms with Crippen LogP contribution in [0.15, 0.2) is 0 Å². The highest BCUT2D eigenvalue weighted by molar-refractivity contribution is 7.39. The monoisotopic (exact) mass is 322 g/mol. The Hall–Kier alpha value is 0.720. The van der Waals surface area contributed by atoms with Gasteiger partial charge < -0.3 is 0 Å². The second-order valence-electron chi connectivity index (χ2n) is 7.07. The van der Waals surface area contributed by atoms with E-state index in [0.717, 1.165) is 8.58 Å². The van der Waals surface area contributed by atoms with Crippen molar-refractivity contribution in [1.29, 1.82) is 0 Å². The fraction of sp³-hybridized carbons (Fsp3) is 1.00. The van der Waals surface area contributed by atoms with Crippen LogP contribution in [0.2, 0.25) is 0 Å². The smallest absolute Gasteiger partial charge is 0.0207 e. The largest absolute Gasteiger partial charge is 0.147 e. The summed E-state index contributed by atoms with van der Waals surface area (Å²) in [6.07, 6.45) is 19.0. The zero-order valence-electron chi connectivity index (χ0n) is 14.6. The summed E-state index contributed by atoms with van der Waals surface area (Å²) in [5.41, 5.74) is 0. The van der Waals surface area contributed by atoms with E-state index in [-0.39, 0.29) is 12.4 Å². The molecule has 0 aromatic rings. The Bertz CT molecular complexity index is 175. The van der Waals surface area contributed by atoms with Crippen LogP contribution >= 0.6 is 21.0 Å². The highest BCUT2D eigenvalue weighted by atomic mass is 35.5. The number of hydrogen-bond donors (Lipinski definition) is 0. The van der Waals surface area contributed by atoms with E-state index in [9.17, 15) is 0 Å². The molecule has 1 atom stereocenters. The van der Waals surface area contributed by atoms with Crippen molar-refractivity contribution in [2.75, 3.05) is 6.16 Å². The van der Waals surface area contributed by atoms with E-state index in [1.165, 1.54) is 83.2 Å². The molecule has 0 aliphatic heterocycles. The minimum atomic E-state index is 0. The van der Waals surface area contributed by atoms with E-state index in [2.05, 4.69) is 27.7 Å². The van der Waals surface area contributed by atoms with Gasteiger partial charge in [0.25, 0.3) is 0 Å². The van der Waals surface area contributed by atoms with Crippen LogP contribution in [0.4, 0.5) is 0 Å². The molecule has 124 valence electrons. The number of rotatable bonds is 13. The third-order valence-corrected chi connectivity index (χ3v) is 5.35. The van der Waals surface area contributed by atoms with Crippen LogP contribution in [-0.4, -0.2) is 11.3 Å². The first-order valence-corrected chi connectivity index (χ1v) is 10.0. The highest BCUT2D eigenvalue weighted by Crippen LogP contribution is 2.31. The average molecular weight is 323 g/mol. The third kappa shape index (κ3) is 21.0. The van der Waals surface area contributed by atoms with Gasteiger partial charge in [0, 0.05) is 0 Å². The zero-order valence-corrected chi connectivity index (χ0v) is 16.4. The summed E-state index contributed by atoms with van der Waals surface area (Å²) in [6, 6.07) is 0. The molecule has 0 aliphatic rings. The lowest BCUT2D eigenvalue weighted by Crippen LogP contribution is -2.05. The molecule has 0 aromatic heterocycles. The Labute approximate surface area is 137 Å². The van der Waals surface area contributed by atoms with E-state index < -0.39 is 0 Å². The normalized spacial score (nSPS) is 12.0. The lowest BCUT2D eigenvalue weighted by molar-refractivity contribution is 0.548. The Balaban J connectivity index is 0. The predicted octanol–water partition coefficient (Wildman–Crippen LogP) is 7.59. The Morgan fingerprint density at radius 3 is 1.30 bits per heavy atom. The van der Waals surface area contributed by atoms with E-state index in [0.29, 0.717) is 5.16 Å². The van der Waals surface area contributed by atoms with Gasteiger partial charge in [-0.15, -0.1) is 21.0 Å². The summed E-state index contributed by atoms with van der Waals surface area (Å²) in [6.45, 7) is 9.39. The van der Waals surface area contributed by atoms with Gasteiger partial charge in [-0.2, -0.15) is 0 Å². The van der Waals surface area contributed by atoms with E-state index in [4.69, 9.17) is 0 Å². The summed E-state index contributed by atoms with van der Waals surface area (Å²) in [7, 11) is 1.15. The van der Waals surface area contributed by atoms with E-state index in [1.54, 1.807) is 0 Å². The predicted molar refractivity (Wildman–Crippen MR) is 101 cm³/mol. The van der Waals surface area contributed by atoms with Gasteiger partial charge in [0.2, 0.25) is 0 Å². The molecule has 20 heavy (non-hydrogen) atoms. The summed E-state index contributed by atoms with van der Waals surface area (Å²) in [4.78, 5) is 0. The van der Waals surface area contributed by atoms with E-state index in [1.807, 2.05) is 0 Å². The Morgan fingerprint density at radius 1 is 0.600 bits per heavy atom. The Morgan fingerprint density at radius 2 is 0.950 bits per heavy atom. The number of halogens is 1. The summed E-state index contributed by atoms with van der Waals surface area (Å²) >= 11 is 0. The maximum absolute atomic E-state index is 2.37. The van der Waals surface area contributed by atoms with Gasteiger partial charge >= 0.3 is 0 Å². The van der Waals surface area contributed by atoms with Gasteiger partial charge in [-0.05, 0) is 17.7 Å². The molecular formula is C18H40ClP. The van der Waals surface area contributed by atoms with Crippen LogP contribution in [0.5, 0.6) is 0 Å². The summed E-state index contributed by atoms with van der Waals surface area (Å²) in [5, 5.41) is 0.567. The molecule has 0 amide bonds. The first kappa shape index (κ1) is 23.0. The van der Waals surface area contributed by atoms with Crippen molar-refractivity contribution in [3.05, 3.63) is 0 Å². The number of unbranched alkanes of at least 4 members (excludes halogenated alkanes) is 11. The molecule has 0 N–H and O–H groups in total. The summed E-state index contributed by atoms with van der Waals surface area (Å²) in [5.74, 6) is 0. The molecule has 0 fully saturated rings. The molecule has 1 unspecified atom stereocenters. The minimum absolute atomic E-state index is 0. The van der Waals surface area contributed by atoms with Crippen LogP contribution in [-0.2, 0) is 0 Å². The first-order chi connectivity index (χ1) is 9.06. The van der Waals surface area contributed by atoms with Gasteiger partial charge in [-0.3, -0.25) is 0 Å². The van der Waals surface area contributed by atoms with Gasteiger partial charge in [-0.1, -0.05) is 98.3 Å². The second-order valence-corrected chi connectivity index (χ2v) is 9.42. The van der Waals surface area contributed by atoms with Crippen LogP contribution in [0.1, 0.15) is 105 Å². The third-order valence-electron chi connectivity index (χ3n) is 3.69. The molecule has 0 rings (SSSR count). The lowest BCUT2D eigenvalue weighted by atomic mass is 10.1.